The fourth-order valence-electron chi connectivity index (χ4n) is 3.37. The largest absolute Gasteiger partial charge is 0.436 e. The molecule has 4 aromatic rings. The summed E-state index contributed by atoms with van der Waals surface area (Å²) in [6.45, 7) is 6.18. The molecule has 0 bridgehead atoms. The average Bonchev–Trinajstić information content (AvgIpc) is 3.20. The van der Waals surface area contributed by atoms with Gasteiger partial charge in [0.25, 0.3) is 5.91 Å². The number of benzene rings is 3. The van der Waals surface area contributed by atoms with Crippen molar-refractivity contribution in [1.29, 1.82) is 0 Å². The fraction of sp³-hybridized carbons (Fsp3) is 0.167. The highest BCUT2D eigenvalue weighted by Gasteiger charge is 2.12. The van der Waals surface area contributed by atoms with E-state index in [-0.39, 0.29) is 5.91 Å². The second kappa shape index (κ2) is 9.00. The molecule has 1 heterocycles. The summed E-state index contributed by atoms with van der Waals surface area (Å²) in [5.74, 6) is 0.252. The van der Waals surface area contributed by atoms with Crippen LogP contribution in [0.15, 0.2) is 65.1 Å². The summed E-state index contributed by atoms with van der Waals surface area (Å²) in [5, 5.41) is 3.59. The third-order valence-corrected chi connectivity index (χ3v) is 5.81. The Morgan fingerprint density at radius 3 is 2.39 bits per heavy atom. The molecule has 0 fully saturated rings. The molecule has 0 aliphatic rings. The minimum atomic E-state index is -0.284. The van der Waals surface area contributed by atoms with Gasteiger partial charge in [0.1, 0.15) is 5.52 Å². The molecule has 158 valence electrons. The van der Waals surface area contributed by atoms with E-state index in [0.717, 1.165) is 24.3 Å². The molecule has 0 radical (unpaired) electrons. The quantitative estimate of drug-likeness (QED) is 0.344. The van der Waals surface area contributed by atoms with Gasteiger partial charge in [-0.15, -0.1) is 0 Å². The molecule has 5 nitrogen and oxygen atoms in total. The third kappa shape index (κ3) is 4.53. The normalized spacial score (nSPS) is 11.0. The van der Waals surface area contributed by atoms with Crippen molar-refractivity contribution in [3.63, 3.8) is 0 Å². The highest BCUT2D eigenvalue weighted by atomic mass is 35.5. The van der Waals surface area contributed by atoms with Crippen molar-refractivity contribution >= 4 is 51.6 Å². The molecule has 1 aromatic heterocycles. The summed E-state index contributed by atoms with van der Waals surface area (Å²) in [6, 6.07) is 18.2. The van der Waals surface area contributed by atoms with Gasteiger partial charge < -0.3 is 14.6 Å². The maximum absolute atomic E-state index is 12.5. The van der Waals surface area contributed by atoms with Crippen LogP contribution in [-0.4, -0.2) is 24.0 Å². The lowest BCUT2D eigenvalue weighted by molar-refractivity contribution is 0.102. The van der Waals surface area contributed by atoms with Crippen LogP contribution in [0.5, 0.6) is 0 Å². The molecule has 0 atom stereocenters. The minimum absolute atomic E-state index is 0.284. The molecule has 0 saturated carbocycles. The van der Waals surface area contributed by atoms with Gasteiger partial charge in [-0.3, -0.25) is 4.79 Å². The second-order valence-electron chi connectivity index (χ2n) is 7.00. The summed E-state index contributed by atoms with van der Waals surface area (Å²) in [6.07, 6.45) is 0. The molecular weight excluding hydrogens is 433 g/mol. The van der Waals surface area contributed by atoms with Crippen LogP contribution < -0.4 is 10.2 Å². The maximum Gasteiger partial charge on any atom is 0.255 e. The van der Waals surface area contributed by atoms with E-state index in [1.165, 1.54) is 6.07 Å². The van der Waals surface area contributed by atoms with Gasteiger partial charge in [-0.2, -0.15) is 0 Å². The van der Waals surface area contributed by atoms with Crippen molar-refractivity contribution in [1.82, 2.24) is 4.98 Å². The summed E-state index contributed by atoms with van der Waals surface area (Å²) in [4.78, 5) is 19.4. The molecule has 0 spiro atoms. The van der Waals surface area contributed by atoms with E-state index in [9.17, 15) is 4.79 Å². The number of carbonyl (C=O) groups excluding carboxylic acids is 1. The summed E-state index contributed by atoms with van der Waals surface area (Å²) < 4.78 is 5.91. The zero-order valence-electron chi connectivity index (χ0n) is 17.2. The van der Waals surface area contributed by atoms with Crippen LogP contribution in [0.2, 0.25) is 10.0 Å². The van der Waals surface area contributed by atoms with Crippen LogP contribution in [0.1, 0.15) is 24.2 Å². The van der Waals surface area contributed by atoms with Gasteiger partial charge in [0.15, 0.2) is 5.58 Å². The SMILES string of the molecule is CCN(CC)c1ccc(-c2nc3cc(NC(=O)c4ccc(Cl)c(Cl)c4)ccc3o2)cc1. The zero-order chi connectivity index (χ0) is 22.0. The maximum atomic E-state index is 12.5. The second-order valence-corrected chi connectivity index (χ2v) is 7.82. The van der Waals surface area contributed by atoms with Crippen LogP contribution in [0.25, 0.3) is 22.6 Å². The van der Waals surface area contributed by atoms with Gasteiger partial charge in [-0.05, 0) is 74.5 Å². The van der Waals surface area contributed by atoms with Crippen LogP contribution in [0.3, 0.4) is 0 Å². The van der Waals surface area contributed by atoms with Gasteiger partial charge in [0.05, 0.1) is 10.0 Å². The number of rotatable bonds is 6. The fourth-order valence-corrected chi connectivity index (χ4v) is 3.67. The number of anilines is 2. The number of oxazole rings is 1. The van der Waals surface area contributed by atoms with Gasteiger partial charge in [0.2, 0.25) is 5.89 Å². The number of nitrogens with one attached hydrogen (secondary N) is 1. The molecule has 0 aliphatic heterocycles. The predicted molar refractivity (Wildman–Crippen MR) is 127 cm³/mol. The van der Waals surface area contributed by atoms with Crippen LogP contribution in [0, 0.1) is 0 Å². The first-order valence-electron chi connectivity index (χ1n) is 10.0. The van der Waals surface area contributed by atoms with Crippen LogP contribution >= 0.6 is 23.2 Å². The number of halogens is 2. The van der Waals surface area contributed by atoms with Gasteiger partial charge in [-0.1, -0.05) is 23.2 Å². The number of fused-ring (bicyclic) bond motifs is 1. The summed E-state index contributed by atoms with van der Waals surface area (Å²) in [5.41, 5.74) is 4.40. The highest BCUT2D eigenvalue weighted by Crippen LogP contribution is 2.28. The number of aromatic nitrogens is 1. The van der Waals surface area contributed by atoms with Crippen molar-refractivity contribution < 1.29 is 9.21 Å². The van der Waals surface area contributed by atoms with E-state index in [1.807, 2.05) is 12.1 Å². The van der Waals surface area contributed by atoms with Crippen molar-refractivity contribution in [3.05, 3.63) is 76.3 Å². The Labute approximate surface area is 190 Å². The molecule has 1 amide bonds. The van der Waals surface area contributed by atoms with Crippen molar-refractivity contribution in [3.8, 4) is 11.5 Å². The standard InChI is InChI=1S/C24H21Cl2N3O2/c1-3-29(4-2)18-9-5-15(6-10-18)24-28-21-14-17(8-12-22(21)31-24)27-23(30)16-7-11-19(25)20(26)13-16/h5-14H,3-4H2,1-2H3,(H,27,30). The predicted octanol–water partition coefficient (Wildman–Crippen LogP) is 6.90. The van der Waals surface area contributed by atoms with Gasteiger partial charge in [0, 0.05) is 35.6 Å². The van der Waals surface area contributed by atoms with Gasteiger partial charge >= 0.3 is 0 Å². The highest BCUT2D eigenvalue weighted by molar-refractivity contribution is 6.42. The van der Waals surface area contributed by atoms with Gasteiger partial charge in [-0.25, -0.2) is 4.98 Å². The number of carbonyl (C=O) groups is 1. The van der Waals surface area contributed by atoms with E-state index >= 15 is 0 Å². The summed E-state index contributed by atoms with van der Waals surface area (Å²) in [7, 11) is 0. The van der Waals surface area contributed by atoms with Crippen molar-refractivity contribution in [2.45, 2.75) is 13.8 Å². The van der Waals surface area contributed by atoms with E-state index in [4.69, 9.17) is 27.6 Å². The Bertz CT molecular complexity index is 1230. The van der Waals surface area contributed by atoms with E-state index in [2.05, 4.69) is 41.2 Å². The molecule has 0 aliphatic carbocycles. The molecule has 0 saturated heterocycles. The first-order valence-corrected chi connectivity index (χ1v) is 10.8. The number of hydrogen-bond acceptors (Lipinski definition) is 4. The lowest BCUT2D eigenvalue weighted by Gasteiger charge is -2.20. The number of nitrogens with zero attached hydrogens (tertiary/aromatic N) is 2. The Morgan fingerprint density at radius 2 is 1.71 bits per heavy atom. The van der Waals surface area contributed by atoms with E-state index < -0.39 is 0 Å². The lowest BCUT2D eigenvalue weighted by atomic mass is 10.2. The van der Waals surface area contributed by atoms with Crippen LogP contribution in [0.4, 0.5) is 11.4 Å². The Balaban J connectivity index is 1.55. The summed E-state index contributed by atoms with van der Waals surface area (Å²) >= 11 is 11.9. The molecule has 31 heavy (non-hydrogen) atoms. The monoisotopic (exact) mass is 453 g/mol. The lowest BCUT2D eigenvalue weighted by Crippen LogP contribution is -2.21. The van der Waals surface area contributed by atoms with Crippen molar-refractivity contribution in [2.24, 2.45) is 0 Å². The molecule has 0 unspecified atom stereocenters. The Hall–Kier alpha value is -3.02. The van der Waals surface area contributed by atoms with E-state index in [1.54, 1.807) is 30.3 Å². The van der Waals surface area contributed by atoms with Crippen molar-refractivity contribution in [2.75, 3.05) is 23.3 Å². The number of amides is 1. The smallest absolute Gasteiger partial charge is 0.255 e. The molecule has 1 N–H and O–H groups in total. The third-order valence-electron chi connectivity index (χ3n) is 5.07. The number of hydrogen-bond donors (Lipinski definition) is 1. The first-order chi connectivity index (χ1) is 15.0. The Kier molecular flexibility index (Phi) is 6.16. The Morgan fingerprint density at radius 1 is 0.968 bits per heavy atom. The molecule has 7 heteroatoms. The molecular formula is C24H21Cl2N3O2. The van der Waals surface area contributed by atoms with E-state index in [0.29, 0.717) is 38.3 Å². The molecule has 3 aromatic carbocycles. The minimum Gasteiger partial charge on any atom is -0.436 e. The zero-order valence-corrected chi connectivity index (χ0v) is 18.7. The first kappa shape index (κ1) is 21.2. The average molecular weight is 454 g/mol. The van der Waals surface area contributed by atoms with Crippen LogP contribution in [-0.2, 0) is 0 Å². The molecule has 4 rings (SSSR count). The topological polar surface area (TPSA) is 58.4 Å².